The molecule has 4 heterocycles. The van der Waals surface area contributed by atoms with Crippen molar-refractivity contribution in [2.75, 3.05) is 16.8 Å². The van der Waals surface area contributed by atoms with Crippen LogP contribution in [0.5, 0.6) is 0 Å². The van der Waals surface area contributed by atoms with Gasteiger partial charge in [-0.1, -0.05) is 0 Å². The van der Waals surface area contributed by atoms with E-state index in [0.29, 0.717) is 41.4 Å². The zero-order chi connectivity index (χ0) is 22.2. The molecular formula is C22H19F2N7O. The number of carbonyl (C=O) groups excluding carboxylic acids is 1. The molecule has 1 N–H and O–H groups in total. The van der Waals surface area contributed by atoms with Gasteiger partial charge in [0.1, 0.15) is 28.8 Å². The van der Waals surface area contributed by atoms with Crippen molar-refractivity contribution in [1.29, 1.82) is 0 Å². The minimum absolute atomic E-state index is 0.173. The van der Waals surface area contributed by atoms with Crippen LogP contribution in [0.1, 0.15) is 40.6 Å². The first-order chi connectivity index (χ1) is 15.5. The summed E-state index contributed by atoms with van der Waals surface area (Å²) in [7, 11) is 0. The quantitative estimate of drug-likeness (QED) is 0.526. The standard InChI is InChI=1S/C22H19F2N7O/c1-13-10-26-18(11-25-13)22(32)28-17-12-27-31-8-6-20(29-21(17)31)30-7-2-3-19(30)15-9-14(23)4-5-16(15)24/h4-6,8-12,19H,2-3,7H2,1H3,(H,28,32). The van der Waals surface area contributed by atoms with Gasteiger partial charge in [0.15, 0.2) is 5.65 Å². The van der Waals surface area contributed by atoms with Crippen LogP contribution in [-0.2, 0) is 0 Å². The number of anilines is 2. The van der Waals surface area contributed by atoms with Gasteiger partial charge in [-0.15, -0.1) is 0 Å². The van der Waals surface area contributed by atoms with Crippen molar-refractivity contribution in [2.45, 2.75) is 25.8 Å². The minimum Gasteiger partial charge on any atom is -0.349 e. The normalized spacial score (nSPS) is 16.0. The van der Waals surface area contributed by atoms with Crippen molar-refractivity contribution in [2.24, 2.45) is 0 Å². The summed E-state index contributed by atoms with van der Waals surface area (Å²) in [5.74, 6) is -0.757. The van der Waals surface area contributed by atoms with Crippen LogP contribution in [0.4, 0.5) is 20.3 Å². The lowest BCUT2D eigenvalue weighted by molar-refractivity contribution is 0.102. The first kappa shape index (κ1) is 20.0. The number of nitrogens with zero attached hydrogens (tertiary/aromatic N) is 6. The highest BCUT2D eigenvalue weighted by Gasteiger charge is 2.30. The monoisotopic (exact) mass is 435 g/mol. The molecule has 1 fully saturated rings. The van der Waals surface area contributed by atoms with Crippen molar-refractivity contribution >= 4 is 23.1 Å². The Morgan fingerprint density at radius 3 is 2.84 bits per heavy atom. The van der Waals surface area contributed by atoms with Gasteiger partial charge < -0.3 is 10.2 Å². The molecule has 5 rings (SSSR count). The number of nitrogens with one attached hydrogen (secondary N) is 1. The van der Waals surface area contributed by atoms with Crippen LogP contribution >= 0.6 is 0 Å². The number of halogens is 2. The Hall–Kier alpha value is -3.95. The Morgan fingerprint density at radius 1 is 1.16 bits per heavy atom. The lowest BCUT2D eigenvalue weighted by Crippen LogP contribution is -2.24. The molecule has 0 radical (unpaired) electrons. The van der Waals surface area contributed by atoms with Crippen LogP contribution in [0.15, 0.2) is 49.1 Å². The second kappa shape index (κ2) is 7.95. The number of rotatable bonds is 4. The number of aryl methyl sites for hydroxylation is 1. The first-order valence-electron chi connectivity index (χ1n) is 10.2. The van der Waals surface area contributed by atoms with Gasteiger partial charge in [-0.05, 0) is 44.0 Å². The number of amides is 1. The summed E-state index contributed by atoms with van der Waals surface area (Å²) in [5.41, 5.74) is 2.03. The number of aromatic nitrogens is 5. The van der Waals surface area contributed by atoms with Gasteiger partial charge in [0.05, 0.1) is 24.1 Å². The molecule has 162 valence electrons. The molecule has 1 amide bonds. The summed E-state index contributed by atoms with van der Waals surface area (Å²) >= 11 is 0. The maximum absolute atomic E-state index is 14.4. The van der Waals surface area contributed by atoms with Crippen LogP contribution in [0.25, 0.3) is 5.65 Å². The molecule has 4 aromatic rings. The van der Waals surface area contributed by atoms with Gasteiger partial charge in [-0.3, -0.25) is 9.78 Å². The number of benzene rings is 1. The molecule has 0 aliphatic carbocycles. The van der Waals surface area contributed by atoms with Crippen LogP contribution in [-0.4, -0.2) is 37.0 Å². The summed E-state index contributed by atoms with van der Waals surface area (Å²) in [6.45, 7) is 2.44. The third-order valence-corrected chi connectivity index (χ3v) is 5.48. The van der Waals surface area contributed by atoms with Crippen molar-refractivity contribution in [3.05, 3.63) is 77.6 Å². The fourth-order valence-corrected chi connectivity index (χ4v) is 3.94. The molecule has 0 saturated carbocycles. The fraction of sp³-hybridized carbons (Fsp3) is 0.227. The van der Waals surface area contributed by atoms with E-state index in [1.807, 2.05) is 4.90 Å². The third kappa shape index (κ3) is 3.64. The van der Waals surface area contributed by atoms with Crippen LogP contribution in [0.3, 0.4) is 0 Å². The molecule has 1 saturated heterocycles. The van der Waals surface area contributed by atoms with E-state index in [0.717, 1.165) is 18.6 Å². The number of carbonyl (C=O) groups is 1. The predicted molar refractivity (Wildman–Crippen MR) is 113 cm³/mol. The SMILES string of the molecule is Cc1cnc(C(=O)Nc2cnn3ccc(N4CCCC4c4cc(F)ccc4F)nc23)cn1. The van der Waals surface area contributed by atoms with Crippen molar-refractivity contribution < 1.29 is 13.6 Å². The van der Waals surface area contributed by atoms with E-state index < -0.39 is 17.5 Å². The Bertz CT molecular complexity index is 1310. The molecule has 32 heavy (non-hydrogen) atoms. The predicted octanol–water partition coefficient (Wildman–Crippen LogP) is 3.70. The molecule has 1 atom stereocenters. The summed E-state index contributed by atoms with van der Waals surface area (Å²) in [4.78, 5) is 27.3. The van der Waals surface area contributed by atoms with E-state index in [4.69, 9.17) is 0 Å². The minimum atomic E-state index is -0.475. The van der Waals surface area contributed by atoms with E-state index in [-0.39, 0.29) is 11.7 Å². The smallest absolute Gasteiger partial charge is 0.276 e. The number of fused-ring (bicyclic) bond motifs is 1. The van der Waals surface area contributed by atoms with Gasteiger partial charge in [0, 0.05) is 24.5 Å². The molecule has 8 nitrogen and oxygen atoms in total. The second-order valence-corrected chi connectivity index (χ2v) is 7.63. The molecule has 0 spiro atoms. The highest BCUT2D eigenvalue weighted by atomic mass is 19.1. The number of hydrogen-bond donors (Lipinski definition) is 1. The molecule has 1 aromatic carbocycles. The Morgan fingerprint density at radius 2 is 2.03 bits per heavy atom. The molecule has 1 unspecified atom stereocenters. The van der Waals surface area contributed by atoms with E-state index >= 15 is 0 Å². The summed E-state index contributed by atoms with van der Waals surface area (Å²) in [5, 5.41) is 6.99. The lowest BCUT2D eigenvalue weighted by Gasteiger charge is -2.26. The molecule has 10 heteroatoms. The molecule has 0 bridgehead atoms. The zero-order valence-corrected chi connectivity index (χ0v) is 17.2. The topological polar surface area (TPSA) is 88.3 Å². The summed E-state index contributed by atoms with van der Waals surface area (Å²) in [6.07, 6.45) is 7.64. The van der Waals surface area contributed by atoms with Gasteiger partial charge in [0.2, 0.25) is 0 Å². The van der Waals surface area contributed by atoms with Gasteiger partial charge in [-0.2, -0.15) is 5.10 Å². The highest BCUT2D eigenvalue weighted by molar-refractivity contribution is 6.04. The summed E-state index contributed by atoms with van der Waals surface area (Å²) < 4.78 is 29.7. The third-order valence-electron chi connectivity index (χ3n) is 5.48. The van der Waals surface area contributed by atoms with Crippen molar-refractivity contribution in [1.82, 2.24) is 24.6 Å². The van der Waals surface area contributed by atoms with Crippen LogP contribution in [0.2, 0.25) is 0 Å². The van der Waals surface area contributed by atoms with Gasteiger partial charge >= 0.3 is 0 Å². The Kier molecular flexibility index (Phi) is 4.96. The molecule has 1 aliphatic heterocycles. The molecular weight excluding hydrogens is 416 g/mol. The second-order valence-electron chi connectivity index (χ2n) is 7.63. The van der Waals surface area contributed by atoms with Crippen molar-refractivity contribution in [3.8, 4) is 0 Å². The Labute approximate surface area is 181 Å². The first-order valence-corrected chi connectivity index (χ1v) is 10.2. The van der Waals surface area contributed by atoms with Gasteiger partial charge in [0.25, 0.3) is 5.91 Å². The Balaban J connectivity index is 1.46. The molecule has 1 aliphatic rings. The van der Waals surface area contributed by atoms with E-state index in [2.05, 4.69) is 25.4 Å². The maximum atomic E-state index is 14.4. The van der Waals surface area contributed by atoms with E-state index in [1.54, 1.807) is 19.2 Å². The average molecular weight is 435 g/mol. The fourth-order valence-electron chi connectivity index (χ4n) is 3.94. The summed E-state index contributed by atoms with van der Waals surface area (Å²) in [6, 6.07) is 4.94. The van der Waals surface area contributed by atoms with E-state index in [1.165, 1.54) is 29.2 Å². The van der Waals surface area contributed by atoms with Crippen LogP contribution in [0, 0.1) is 18.6 Å². The maximum Gasteiger partial charge on any atom is 0.276 e. The highest BCUT2D eigenvalue weighted by Crippen LogP contribution is 2.37. The van der Waals surface area contributed by atoms with E-state index in [9.17, 15) is 13.6 Å². The largest absolute Gasteiger partial charge is 0.349 e. The average Bonchev–Trinajstić information content (AvgIpc) is 3.43. The van der Waals surface area contributed by atoms with Crippen LogP contribution < -0.4 is 10.2 Å². The number of hydrogen-bond acceptors (Lipinski definition) is 6. The van der Waals surface area contributed by atoms with Crippen molar-refractivity contribution in [3.63, 3.8) is 0 Å². The molecule has 3 aromatic heterocycles. The van der Waals surface area contributed by atoms with Gasteiger partial charge in [-0.25, -0.2) is 23.3 Å². The zero-order valence-electron chi connectivity index (χ0n) is 17.2. The lowest BCUT2D eigenvalue weighted by atomic mass is 10.0.